The molecular weight excluding hydrogens is 144 g/mol. The summed E-state index contributed by atoms with van der Waals surface area (Å²) < 4.78 is 5.27. The predicted octanol–water partition coefficient (Wildman–Crippen LogP) is 2.43. The Kier molecular flexibility index (Phi) is 3.13. The Balaban J connectivity index is 2.24. The smallest absolute Gasteiger partial charge is 0.107 e. The van der Waals surface area contributed by atoms with Crippen LogP contribution in [0.1, 0.15) is 19.8 Å². The van der Waals surface area contributed by atoms with Crippen LogP contribution in [0, 0.1) is 0 Å². The van der Waals surface area contributed by atoms with Crippen molar-refractivity contribution in [3.05, 3.63) is 12.8 Å². The highest BCUT2D eigenvalue weighted by Crippen LogP contribution is 2.29. The summed E-state index contributed by atoms with van der Waals surface area (Å²) in [7, 11) is 0. The summed E-state index contributed by atoms with van der Waals surface area (Å²) in [5, 5.41) is 0.706. The molecule has 1 saturated heterocycles. The van der Waals surface area contributed by atoms with Crippen molar-refractivity contribution in [3.8, 4) is 0 Å². The molecule has 0 aromatic rings. The summed E-state index contributed by atoms with van der Waals surface area (Å²) >= 11 is 2.02. The summed E-state index contributed by atoms with van der Waals surface area (Å²) in [4.78, 5) is 0. The van der Waals surface area contributed by atoms with Crippen LogP contribution in [0.3, 0.4) is 0 Å². The molecule has 0 aliphatic carbocycles. The van der Waals surface area contributed by atoms with Crippen molar-refractivity contribution in [2.24, 2.45) is 0 Å². The van der Waals surface area contributed by atoms with E-state index in [1.54, 1.807) is 6.26 Å². The standard InChI is InChI=1S/C8H14OS/c1-3-9-7(2)8-5-4-6-10-8/h3,7-8H,1,4-6H2,2H3. The van der Waals surface area contributed by atoms with Gasteiger partial charge in [0.2, 0.25) is 0 Å². The molecule has 1 nitrogen and oxygen atoms in total. The lowest BCUT2D eigenvalue weighted by Gasteiger charge is -2.16. The molecule has 0 aromatic carbocycles. The Morgan fingerprint density at radius 3 is 3.10 bits per heavy atom. The first kappa shape index (κ1) is 7.99. The summed E-state index contributed by atoms with van der Waals surface area (Å²) in [5.41, 5.74) is 0. The highest BCUT2D eigenvalue weighted by atomic mass is 32.2. The van der Waals surface area contributed by atoms with Crippen molar-refractivity contribution in [1.29, 1.82) is 0 Å². The van der Waals surface area contributed by atoms with Gasteiger partial charge in [0.1, 0.15) is 6.10 Å². The SMILES string of the molecule is C=COC(C)C1CCCS1. The highest BCUT2D eigenvalue weighted by Gasteiger charge is 2.22. The second-order valence-corrected chi connectivity index (χ2v) is 3.91. The molecule has 0 aromatic heterocycles. The van der Waals surface area contributed by atoms with Gasteiger partial charge in [0.05, 0.1) is 6.26 Å². The van der Waals surface area contributed by atoms with Crippen molar-refractivity contribution in [2.45, 2.75) is 31.1 Å². The van der Waals surface area contributed by atoms with E-state index in [2.05, 4.69) is 13.5 Å². The van der Waals surface area contributed by atoms with Crippen molar-refractivity contribution >= 4 is 11.8 Å². The first-order valence-corrected chi connectivity index (χ1v) is 4.77. The lowest BCUT2D eigenvalue weighted by atomic mass is 10.2. The van der Waals surface area contributed by atoms with Crippen molar-refractivity contribution in [2.75, 3.05) is 5.75 Å². The normalized spacial score (nSPS) is 27.9. The molecule has 1 aliphatic heterocycles. The van der Waals surface area contributed by atoms with Crippen molar-refractivity contribution < 1.29 is 4.74 Å². The number of hydrogen-bond acceptors (Lipinski definition) is 2. The molecule has 0 N–H and O–H groups in total. The number of ether oxygens (including phenoxy) is 1. The fourth-order valence-corrected chi connectivity index (χ4v) is 2.52. The van der Waals surface area contributed by atoms with E-state index in [-0.39, 0.29) is 0 Å². The van der Waals surface area contributed by atoms with Gasteiger partial charge in [-0.2, -0.15) is 11.8 Å². The van der Waals surface area contributed by atoms with Gasteiger partial charge < -0.3 is 4.74 Å². The average molecular weight is 158 g/mol. The quantitative estimate of drug-likeness (QED) is 0.583. The second-order valence-electron chi connectivity index (χ2n) is 2.56. The van der Waals surface area contributed by atoms with Gasteiger partial charge in [0.15, 0.2) is 0 Å². The zero-order valence-electron chi connectivity index (χ0n) is 6.38. The molecule has 1 heterocycles. The van der Waals surface area contributed by atoms with E-state index in [0.717, 1.165) is 0 Å². The third kappa shape index (κ3) is 1.94. The predicted molar refractivity (Wildman–Crippen MR) is 46.2 cm³/mol. The van der Waals surface area contributed by atoms with Crippen LogP contribution in [-0.2, 0) is 4.74 Å². The maximum Gasteiger partial charge on any atom is 0.107 e. The summed E-state index contributed by atoms with van der Waals surface area (Å²) in [6.07, 6.45) is 4.55. The van der Waals surface area contributed by atoms with E-state index in [4.69, 9.17) is 4.74 Å². The number of thioether (sulfide) groups is 1. The Labute approximate surface area is 66.8 Å². The van der Waals surface area contributed by atoms with Gasteiger partial charge in [-0.3, -0.25) is 0 Å². The van der Waals surface area contributed by atoms with Gasteiger partial charge >= 0.3 is 0 Å². The van der Waals surface area contributed by atoms with Crippen LogP contribution in [0.25, 0.3) is 0 Å². The van der Waals surface area contributed by atoms with Gasteiger partial charge in [-0.1, -0.05) is 6.58 Å². The van der Waals surface area contributed by atoms with Crippen molar-refractivity contribution in [3.63, 3.8) is 0 Å². The minimum Gasteiger partial charge on any atom is -0.498 e. The molecule has 1 aliphatic rings. The van der Waals surface area contributed by atoms with Crippen molar-refractivity contribution in [1.82, 2.24) is 0 Å². The fourth-order valence-electron chi connectivity index (χ4n) is 1.21. The molecule has 58 valence electrons. The third-order valence-electron chi connectivity index (χ3n) is 1.80. The average Bonchev–Trinajstić information content (AvgIpc) is 2.38. The molecule has 0 amide bonds. The second kappa shape index (κ2) is 3.91. The molecule has 0 radical (unpaired) electrons. The highest BCUT2D eigenvalue weighted by molar-refractivity contribution is 8.00. The van der Waals surface area contributed by atoms with E-state index in [1.165, 1.54) is 18.6 Å². The van der Waals surface area contributed by atoms with Gasteiger partial charge in [-0.05, 0) is 25.5 Å². The Morgan fingerprint density at radius 1 is 1.80 bits per heavy atom. The summed E-state index contributed by atoms with van der Waals surface area (Å²) in [6, 6.07) is 0. The van der Waals surface area contributed by atoms with E-state index in [1.807, 2.05) is 11.8 Å². The number of hydrogen-bond donors (Lipinski definition) is 0. The van der Waals surface area contributed by atoms with E-state index in [0.29, 0.717) is 11.4 Å². The molecule has 0 spiro atoms. The molecular formula is C8H14OS. The zero-order chi connectivity index (χ0) is 7.40. The molecule has 0 saturated carbocycles. The molecule has 1 rings (SSSR count). The fraction of sp³-hybridized carbons (Fsp3) is 0.750. The van der Waals surface area contributed by atoms with E-state index < -0.39 is 0 Å². The Hall–Kier alpha value is -0.110. The van der Waals surface area contributed by atoms with Gasteiger partial charge in [0.25, 0.3) is 0 Å². The molecule has 2 unspecified atom stereocenters. The molecule has 1 fully saturated rings. The maximum atomic E-state index is 5.27. The van der Waals surface area contributed by atoms with Crippen LogP contribution in [0.15, 0.2) is 12.8 Å². The van der Waals surface area contributed by atoms with E-state index in [9.17, 15) is 0 Å². The monoisotopic (exact) mass is 158 g/mol. The molecule has 10 heavy (non-hydrogen) atoms. The minimum absolute atomic E-state index is 0.352. The van der Waals surface area contributed by atoms with Crippen LogP contribution in [0.4, 0.5) is 0 Å². The van der Waals surface area contributed by atoms with E-state index >= 15 is 0 Å². The van der Waals surface area contributed by atoms with Crippen LogP contribution < -0.4 is 0 Å². The van der Waals surface area contributed by atoms with Gasteiger partial charge in [0, 0.05) is 5.25 Å². The third-order valence-corrected chi connectivity index (χ3v) is 3.37. The summed E-state index contributed by atoms with van der Waals surface area (Å²) in [5.74, 6) is 1.30. The lowest BCUT2D eigenvalue weighted by Crippen LogP contribution is -2.18. The Bertz CT molecular complexity index is 108. The van der Waals surface area contributed by atoms with Crippen LogP contribution in [0.5, 0.6) is 0 Å². The Morgan fingerprint density at radius 2 is 2.60 bits per heavy atom. The number of rotatable bonds is 3. The first-order chi connectivity index (χ1) is 4.84. The molecule has 2 heteroatoms. The van der Waals surface area contributed by atoms with Crippen LogP contribution in [0.2, 0.25) is 0 Å². The maximum absolute atomic E-state index is 5.27. The topological polar surface area (TPSA) is 9.23 Å². The summed E-state index contributed by atoms with van der Waals surface area (Å²) in [6.45, 7) is 5.66. The first-order valence-electron chi connectivity index (χ1n) is 3.72. The van der Waals surface area contributed by atoms with Crippen LogP contribution >= 0.6 is 11.8 Å². The lowest BCUT2D eigenvalue weighted by molar-refractivity contribution is 0.158. The van der Waals surface area contributed by atoms with Crippen LogP contribution in [-0.4, -0.2) is 17.1 Å². The van der Waals surface area contributed by atoms with Gasteiger partial charge in [-0.25, -0.2) is 0 Å². The molecule has 0 bridgehead atoms. The largest absolute Gasteiger partial charge is 0.498 e. The van der Waals surface area contributed by atoms with Gasteiger partial charge in [-0.15, -0.1) is 0 Å². The minimum atomic E-state index is 0.352. The zero-order valence-corrected chi connectivity index (χ0v) is 7.19. The molecule has 2 atom stereocenters.